The first-order valence-electron chi connectivity index (χ1n) is 6.45. The number of hydrogen-bond acceptors (Lipinski definition) is 2. The van der Waals surface area contributed by atoms with Crippen LogP contribution in [0.4, 0.5) is 0 Å². The van der Waals surface area contributed by atoms with Crippen molar-refractivity contribution in [1.29, 1.82) is 0 Å². The van der Waals surface area contributed by atoms with Crippen LogP contribution < -0.4 is 5.73 Å². The summed E-state index contributed by atoms with van der Waals surface area (Å²) < 4.78 is 0. The zero-order valence-electron chi connectivity index (χ0n) is 9.91. The Morgan fingerprint density at radius 3 is 2.81 bits per heavy atom. The van der Waals surface area contributed by atoms with Crippen molar-refractivity contribution in [3.05, 3.63) is 0 Å². The standard InChI is InChI=1S/C13H21NO2/c1-12-5-8-2-3-9(10(12)4-8)13(12,7-14)6-11(15)16/h8-10H,2-7,14H2,1H3,(H,15,16)/t8-,9+,10-,12-,13-/m1/s1. The Labute approximate surface area is 96.4 Å². The molecular formula is C13H21NO2. The monoisotopic (exact) mass is 223 g/mol. The van der Waals surface area contributed by atoms with Crippen molar-refractivity contribution < 1.29 is 9.90 Å². The van der Waals surface area contributed by atoms with Crippen LogP contribution in [0.5, 0.6) is 0 Å². The fourth-order valence-electron chi connectivity index (χ4n) is 5.52. The highest BCUT2D eigenvalue weighted by Gasteiger charge is 2.72. The van der Waals surface area contributed by atoms with Gasteiger partial charge >= 0.3 is 5.97 Å². The van der Waals surface area contributed by atoms with Crippen molar-refractivity contribution in [3.63, 3.8) is 0 Å². The van der Waals surface area contributed by atoms with Crippen LogP contribution in [0, 0.1) is 28.6 Å². The second kappa shape index (κ2) is 3.00. The summed E-state index contributed by atoms with van der Waals surface area (Å²) >= 11 is 0. The van der Waals surface area contributed by atoms with Gasteiger partial charge in [0.15, 0.2) is 0 Å². The molecule has 0 amide bonds. The number of hydrogen-bond donors (Lipinski definition) is 2. The summed E-state index contributed by atoms with van der Waals surface area (Å²) in [5, 5.41) is 9.15. The first-order valence-corrected chi connectivity index (χ1v) is 6.45. The molecular weight excluding hydrogens is 202 g/mol. The third-order valence-electron chi connectivity index (χ3n) is 6.17. The SMILES string of the molecule is C[C@@]12C[C@@H]3CC[C@@H]([C@H]1C3)[C@]2(CN)CC(=O)O. The molecule has 0 aromatic carbocycles. The lowest BCUT2D eigenvalue weighted by atomic mass is 9.38. The minimum atomic E-state index is -0.666. The minimum absolute atomic E-state index is 0.0885. The Kier molecular flexibility index (Phi) is 1.99. The number of aliphatic carboxylic acids is 1. The van der Waals surface area contributed by atoms with Gasteiger partial charge in [-0.1, -0.05) is 13.3 Å². The first-order chi connectivity index (χ1) is 7.53. The third kappa shape index (κ3) is 0.963. The largest absolute Gasteiger partial charge is 0.481 e. The van der Waals surface area contributed by atoms with Crippen molar-refractivity contribution in [2.75, 3.05) is 6.54 Å². The van der Waals surface area contributed by atoms with Gasteiger partial charge in [-0.05, 0) is 49.0 Å². The fourth-order valence-corrected chi connectivity index (χ4v) is 5.52. The average molecular weight is 223 g/mol. The highest BCUT2D eigenvalue weighted by atomic mass is 16.4. The lowest BCUT2D eigenvalue weighted by Gasteiger charge is -2.66. The smallest absolute Gasteiger partial charge is 0.303 e. The van der Waals surface area contributed by atoms with E-state index in [1.165, 1.54) is 25.7 Å². The molecule has 3 fully saturated rings. The zero-order chi connectivity index (χ0) is 11.6. The van der Waals surface area contributed by atoms with Crippen molar-refractivity contribution in [2.45, 2.75) is 39.0 Å². The van der Waals surface area contributed by atoms with Crippen LogP contribution in [0.1, 0.15) is 39.0 Å². The van der Waals surface area contributed by atoms with E-state index in [2.05, 4.69) is 6.92 Å². The molecule has 3 aliphatic carbocycles. The van der Waals surface area contributed by atoms with Gasteiger partial charge in [0.25, 0.3) is 0 Å². The predicted molar refractivity (Wildman–Crippen MR) is 60.8 cm³/mol. The third-order valence-corrected chi connectivity index (χ3v) is 6.17. The normalized spacial score (nSPS) is 53.5. The van der Waals surface area contributed by atoms with E-state index in [1.807, 2.05) is 0 Å². The van der Waals surface area contributed by atoms with Gasteiger partial charge in [0.2, 0.25) is 0 Å². The molecule has 0 radical (unpaired) electrons. The summed E-state index contributed by atoms with van der Waals surface area (Å²) in [4.78, 5) is 11.1. The molecule has 0 heterocycles. The van der Waals surface area contributed by atoms with Gasteiger partial charge in [-0.2, -0.15) is 0 Å². The summed E-state index contributed by atoms with van der Waals surface area (Å²) in [7, 11) is 0. The molecule has 0 unspecified atom stereocenters. The first kappa shape index (κ1) is 10.6. The van der Waals surface area contributed by atoms with Gasteiger partial charge in [0.05, 0.1) is 6.42 Å². The molecule has 90 valence electrons. The van der Waals surface area contributed by atoms with E-state index in [4.69, 9.17) is 10.8 Å². The van der Waals surface area contributed by atoms with Crippen molar-refractivity contribution >= 4 is 5.97 Å². The van der Waals surface area contributed by atoms with E-state index >= 15 is 0 Å². The molecule has 5 atom stereocenters. The van der Waals surface area contributed by atoms with Crippen molar-refractivity contribution in [2.24, 2.45) is 34.3 Å². The second-order valence-corrected chi connectivity index (χ2v) is 6.44. The Balaban J connectivity index is 1.97. The van der Waals surface area contributed by atoms with Crippen LogP contribution in [-0.2, 0) is 4.79 Å². The van der Waals surface area contributed by atoms with Gasteiger partial charge < -0.3 is 10.8 Å². The molecule has 3 nitrogen and oxygen atoms in total. The van der Waals surface area contributed by atoms with E-state index in [9.17, 15) is 4.79 Å². The second-order valence-electron chi connectivity index (χ2n) is 6.44. The highest BCUT2D eigenvalue weighted by Crippen LogP contribution is 2.77. The van der Waals surface area contributed by atoms with Crippen LogP contribution in [0.3, 0.4) is 0 Å². The topological polar surface area (TPSA) is 63.3 Å². The van der Waals surface area contributed by atoms with Crippen molar-refractivity contribution in [3.8, 4) is 0 Å². The average Bonchev–Trinajstić information content (AvgIpc) is 2.38. The van der Waals surface area contributed by atoms with Crippen LogP contribution in [0.2, 0.25) is 0 Å². The molecule has 3 rings (SSSR count). The van der Waals surface area contributed by atoms with Gasteiger partial charge in [0.1, 0.15) is 0 Å². The quantitative estimate of drug-likeness (QED) is 0.767. The summed E-state index contributed by atoms with van der Waals surface area (Å²) in [6.07, 6.45) is 5.36. The van der Waals surface area contributed by atoms with Crippen molar-refractivity contribution in [1.82, 2.24) is 0 Å². The lowest BCUT2D eigenvalue weighted by molar-refractivity contribution is -0.192. The van der Waals surface area contributed by atoms with Gasteiger partial charge in [-0.25, -0.2) is 0 Å². The molecule has 3 N–H and O–H groups in total. The Morgan fingerprint density at radius 1 is 1.44 bits per heavy atom. The summed E-state index contributed by atoms with van der Waals surface area (Å²) in [5.41, 5.74) is 6.12. The number of fused-ring (bicyclic) bond motifs is 1. The molecule has 2 bridgehead atoms. The van der Waals surface area contributed by atoms with Gasteiger partial charge in [-0.3, -0.25) is 4.79 Å². The molecule has 0 saturated heterocycles. The number of carboxylic acids is 1. The molecule has 0 aliphatic heterocycles. The number of nitrogens with two attached hydrogens (primary N) is 1. The molecule has 0 aromatic heterocycles. The van der Waals surface area contributed by atoms with E-state index in [-0.39, 0.29) is 17.3 Å². The minimum Gasteiger partial charge on any atom is -0.481 e. The molecule has 3 aliphatic rings. The molecule has 16 heavy (non-hydrogen) atoms. The lowest BCUT2D eigenvalue weighted by Crippen LogP contribution is -2.65. The van der Waals surface area contributed by atoms with E-state index in [0.29, 0.717) is 12.5 Å². The van der Waals surface area contributed by atoms with Crippen LogP contribution in [0.15, 0.2) is 0 Å². The zero-order valence-corrected chi connectivity index (χ0v) is 9.91. The fraction of sp³-hybridized carbons (Fsp3) is 0.923. The number of carbonyl (C=O) groups is 1. The molecule has 0 aromatic rings. The van der Waals surface area contributed by atoms with Crippen LogP contribution >= 0.6 is 0 Å². The van der Waals surface area contributed by atoms with E-state index in [0.717, 1.165) is 11.8 Å². The van der Waals surface area contributed by atoms with E-state index < -0.39 is 5.97 Å². The van der Waals surface area contributed by atoms with Crippen LogP contribution in [0.25, 0.3) is 0 Å². The summed E-state index contributed by atoms with van der Waals surface area (Å²) in [5.74, 6) is 1.56. The predicted octanol–water partition coefficient (Wildman–Crippen LogP) is 1.86. The number of carboxylic acid groups (broad SMARTS) is 1. The van der Waals surface area contributed by atoms with Crippen LogP contribution in [-0.4, -0.2) is 17.6 Å². The summed E-state index contributed by atoms with van der Waals surface area (Å²) in [6.45, 7) is 2.86. The maximum Gasteiger partial charge on any atom is 0.303 e. The Hall–Kier alpha value is -0.570. The van der Waals surface area contributed by atoms with Gasteiger partial charge in [-0.15, -0.1) is 0 Å². The Bertz CT molecular complexity index is 343. The molecule has 3 saturated carbocycles. The maximum atomic E-state index is 11.1. The Morgan fingerprint density at radius 2 is 2.19 bits per heavy atom. The number of rotatable bonds is 3. The molecule has 3 heteroatoms. The van der Waals surface area contributed by atoms with E-state index in [1.54, 1.807) is 0 Å². The molecule has 0 spiro atoms. The highest BCUT2D eigenvalue weighted by molar-refractivity contribution is 5.68. The summed E-state index contributed by atoms with van der Waals surface area (Å²) in [6, 6.07) is 0. The maximum absolute atomic E-state index is 11.1. The van der Waals surface area contributed by atoms with Gasteiger partial charge in [0, 0.05) is 5.41 Å².